The minimum absolute atomic E-state index is 0.0681. The Morgan fingerprint density at radius 3 is 2.95 bits per heavy atom. The minimum Gasteiger partial charge on any atom is -0.383 e. The fourth-order valence-electron chi connectivity index (χ4n) is 1.94. The highest BCUT2D eigenvalue weighted by atomic mass is 19.1. The van der Waals surface area contributed by atoms with Crippen molar-refractivity contribution < 1.29 is 13.5 Å². The van der Waals surface area contributed by atoms with Crippen LogP contribution in [0.5, 0.6) is 0 Å². The molecule has 0 saturated carbocycles. The highest BCUT2D eigenvalue weighted by Crippen LogP contribution is 2.14. The third kappa shape index (κ3) is 3.54. The number of imidazole rings is 1. The Morgan fingerprint density at radius 1 is 1.40 bits per heavy atom. The van der Waals surface area contributed by atoms with E-state index in [0.717, 1.165) is 12.1 Å². The molecule has 2 rings (SSSR count). The fourth-order valence-corrected chi connectivity index (χ4v) is 1.94. The first-order valence-electron chi connectivity index (χ1n) is 6.30. The Balaban J connectivity index is 2.14. The van der Waals surface area contributed by atoms with Gasteiger partial charge < -0.3 is 14.6 Å². The van der Waals surface area contributed by atoms with Crippen LogP contribution in [0.3, 0.4) is 0 Å². The number of hydrogen-bond donors (Lipinski definition) is 1. The van der Waals surface area contributed by atoms with Crippen LogP contribution in [-0.2, 0) is 11.3 Å². The summed E-state index contributed by atoms with van der Waals surface area (Å²) in [5.74, 6) is -0.294. The van der Waals surface area contributed by atoms with Crippen molar-refractivity contribution in [2.45, 2.75) is 19.5 Å². The molecule has 0 aliphatic carbocycles. The molecule has 2 aromatic rings. The van der Waals surface area contributed by atoms with Crippen molar-refractivity contribution in [2.24, 2.45) is 0 Å². The molecule has 1 aromatic heterocycles. The maximum absolute atomic E-state index is 13.6. The summed E-state index contributed by atoms with van der Waals surface area (Å²) in [6.07, 6.45) is 3.32. The van der Waals surface area contributed by atoms with Gasteiger partial charge in [0, 0.05) is 31.1 Å². The van der Waals surface area contributed by atoms with E-state index in [4.69, 9.17) is 4.74 Å². The molecule has 6 heteroatoms. The van der Waals surface area contributed by atoms with Gasteiger partial charge in [-0.15, -0.1) is 0 Å². The molecule has 1 heterocycles. The van der Waals surface area contributed by atoms with Crippen LogP contribution in [0.4, 0.5) is 14.7 Å². The second-order valence-corrected chi connectivity index (χ2v) is 4.62. The molecule has 1 unspecified atom stereocenters. The van der Waals surface area contributed by atoms with Gasteiger partial charge in [-0.3, -0.25) is 0 Å². The number of nitrogens with zero attached hydrogens (tertiary/aromatic N) is 2. The molecule has 1 aromatic carbocycles. The summed E-state index contributed by atoms with van der Waals surface area (Å²) in [5, 5.41) is 3.16. The van der Waals surface area contributed by atoms with Crippen molar-refractivity contribution in [2.75, 3.05) is 19.0 Å². The van der Waals surface area contributed by atoms with Gasteiger partial charge in [-0.2, -0.15) is 0 Å². The van der Waals surface area contributed by atoms with Gasteiger partial charge >= 0.3 is 0 Å². The number of anilines is 1. The predicted molar refractivity (Wildman–Crippen MR) is 72.6 cm³/mol. The fraction of sp³-hybridized carbons (Fsp3) is 0.357. The number of rotatable bonds is 6. The molecule has 4 nitrogen and oxygen atoms in total. The Labute approximate surface area is 116 Å². The molecule has 108 valence electrons. The van der Waals surface area contributed by atoms with Gasteiger partial charge in [0.05, 0.1) is 13.2 Å². The van der Waals surface area contributed by atoms with E-state index in [9.17, 15) is 8.78 Å². The van der Waals surface area contributed by atoms with Crippen LogP contribution in [0, 0.1) is 11.6 Å². The topological polar surface area (TPSA) is 39.1 Å². The summed E-state index contributed by atoms with van der Waals surface area (Å²) in [6.45, 7) is 2.69. The maximum Gasteiger partial charge on any atom is 0.203 e. The zero-order valence-corrected chi connectivity index (χ0v) is 11.4. The second-order valence-electron chi connectivity index (χ2n) is 4.62. The van der Waals surface area contributed by atoms with Gasteiger partial charge in [-0.25, -0.2) is 13.8 Å². The quantitative estimate of drug-likeness (QED) is 0.884. The molecule has 0 radical (unpaired) electrons. The molecule has 0 amide bonds. The first-order chi connectivity index (χ1) is 9.60. The molecule has 0 spiro atoms. The Morgan fingerprint density at radius 2 is 2.20 bits per heavy atom. The van der Waals surface area contributed by atoms with E-state index >= 15 is 0 Å². The van der Waals surface area contributed by atoms with Crippen molar-refractivity contribution >= 4 is 5.95 Å². The lowest BCUT2D eigenvalue weighted by Crippen LogP contribution is -2.23. The summed E-state index contributed by atoms with van der Waals surface area (Å²) in [7, 11) is 1.62. The van der Waals surface area contributed by atoms with E-state index in [1.165, 1.54) is 6.07 Å². The van der Waals surface area contributed by atoms with Crippen LogP contribution in [0.25, 0.3) is 0 Å². The summed E-state index contributed by atoms with van der Waals surface area (Å²) in [5.41, 5.74) is 0.283. The van der Waals surface area contributed by atoms with Gasteiger partial charge in [0.15, 0.2) is 0 Å². The number of benzene rings is 1. The summed E-state index contributed by atoms with van der Waals surface area (Å²) in [4.78, 5) is 4.17. The highest BCUT2D eigenvalue weighted by molar-refractivity contribution is 5.29. The monoisotopic (exact) mass is 281 g/mol. The first-order valence-corrected chi connectivity index (χ1v) is 6.30. The van der Waals surface area contributed by atoms with Gasteiger partial charge in [0.2, 0.25) is 5.95 Å². The number of aromatic nitrogens is 2. The van der Waals surface area contributed by atoms with Crippen LogP contribution >= 0.6 is 0 Å². The molecule has 0 bridgehead atoms. The molecular formula is C14H17F2N3O. The molecule has 20 heavy (non-hydrogen) atoms. The summed E-state index contributed by atoms with van der Waals surface area (Å²) >= 11 is 0. The van der Waals surface area contributed by atoms with Crippen molar-refractivity contribution in [1.82, 2.24) is 9.55 Å². The second kappa shape index (κ2) is 6.47. The third-order valence-electron chi connectivity index (χ3n) is 2.86. The molecule has 0 fully saturated rings. The van der Waals surface area contributed by atoms with E-state index in [1.807, 2.05) is 6.92 Å². The normalized spacial score (nSPS) is 12.4. The number of hydrogen-bond acceptors (Lipinski definition) is 3. The Kier molecular flexibility index (Phi) is 4.68. The van der Waals surface area contributed by atoms with Crippen molar-refractivity contribution in [1.29, 1.82) is 0 Å². The third-order valence-corrected chi connectivity index (χ3v) is 2.86. The van der Waals surface area contributed by atoms with Crippen LogP contribution in [-0.4, -0.2) is 29.3 Å². The number of halogens is 2. The van der Waals surface area contributed by atoms with E-state index < -0.39 is 11.6 Å². The molecular weight excluding hydrogens is 264 g/mol. The SMILES string of the molecule is COCC(C)Nc1nccn1Cc1cc(F)ccc1F. The average molecular weight is 281 g/mol. The zero-order valence-electron chi connectivity index (χ0n) is 11.4. The molecule has 1 N–H and O–H groups in total. The molecule has 0 aliphatic rings. The van der Waals surface area contributed by atoms with Crippen molar-refractivity contribution in [3.8, 4) is 0 Å². The van der Waals surface area contributed by atoms with Gasteiger partial charge in [-0.05, 0) is 25.1 Å². The lowest BCUT2D eigenvalue weighted by atomic mass is 10.2. The van der Waals surface area contributed by atoms with E-state index in [0.29, 0.717) is 12.6 Å². The van der Waals surface area contributed by atoms with Gasteiger partial charge in [-0.1, -0.05) is 0 Å². The lowest BCUT2D eigenvalue weighted by molar-refractivity contribution is 0.190. The lowest BCUT2D eigenvalue weighted by Gasteiger charge is -2.15. The van der Waals surface area contributed by atoms with Crippen LogP contribution in [0.2, 0.25) is 0 Å². The van der Waals surface area contributed by atoms with Crippen LogP contribution in [0.1, 0.15) is 12.5 Å². The zero-order chi connectivity index (χ0) is 14.5. The van der Waals surface area contributed by atoms with Crippen LogP contribution < -0.4 is 5.32 Å². The number of methoxy groups -OCH3 is 1. The Hall–Kier alpha value is -1.95. The summed E-state index contributed by atoms with van der Waals surface area (Å²) < 4.78 is 33.6. The average Bonchev–Trinajstić information content (AvgIpc) is 2.81. The van der Waals surface area contributed by atoms with E-state index in [2.05, 4.69) is 10.3 Å². The number of nitrogens with one attached hydrogen (secondary N) is 1. The minimum atomic E-state index is -0.455. The molecule has 1 atom stereocenters. The largest absolute Gasteiger partial charge is 0.383 e. The molecule has 0 saturated heterocycles. The standard InChI is InChI=1S/C14H17F2N3O/c1-10(9-20-2)18-14-17-5-6-19(14)8-11-7-12(15)3-4-13(11)16/h3-7,10H,8-9H2,1-2H3,(H,17,18). The summed E-state index contributed by atoms with van der Waals surface area (Å²) in [6, 6.07) is 3.49. The number of ether oxygens (including phenoxy) is 1. The highest BCUT2D eigenvalue weighted by Gasteiger charge is 2.10. The van der Waals surface area contributed by atoms with Gasteiger partial charge in [0.1, 0.15) is 11.6 Å². The van der Waals surface area contributed by atoms with Crippen molar-refractivity contribution in [3.05, 3.63) is 47.8 Å². The maximum atomic E-state index is 13.6. The van der Waals surface area contributed by atoms with Crippen molar-refractivity contribution in [3.63, 3.8) is 0 Å². The van der Waals surface area contributed by atoms with E-state index in [1.54, 1.807) is 24.1 Å². The predicted octanol–water partition coefficient (Wildman–Crippen LogP) is 2.66. The smallest absolute Gasteiger partial charge is 0.203 e. The van der Waals surface area contributed by atoms with Gasteiger partial charge in [0.25, 0.3) is 0 Å². The first kappa shape index (κ1) is 14.5. The molecule has 0 aliphatic heterocycles. The van der Waals surface area contributed by atoms with E-state index in [-0.39, 0.29) is 18.2 Å². The van der Waals surface area contributed by atoms with Crippen LogP contribution in [0.15, 0.2) is 30.6 Å². The Bertz CT molecular complexity index is 571.